The Labute approximate surface area is 91.2 Å². The Morgan fingerprint density at radius 2 is 1.22 bits per heavy atom. The molecule has 9 heteroatoms. The van der Waals surface area contributed by atoms with Crippen LogP contribution in [0, 0.1) is 15.3 Å². The van der Waals surface area contributed by atoms with Gasteiger partial charge in [0.05, 0.1) is 5.09 Å². The van der Waals surface area contributed by atoms with E-state index in [1.807, 2.05) is 0 Å². The van der Waals surface area contributed by atoms with E-state index in [2.05, 4.69) is 0 Å². The maximum absolute atomic E-state index is 8.25. The van der Waals surface area contributed by atoms with Crippen LogP contribution in [0.1, 0.15) is 0 Å². The van der Waals surface area contributed by atoms with E-state index in [4.69, 9.17) is 15.3 Å². The van der Waals surface area contributed by atoms with Gasteiger partial charge in [0, 0.05) is 0 Å². The second-order valence-corrected chi connectivity index (χ2v) is 0.224. The number of nitrogens with zero attached hydrogens (tertiary/aromatic N) is 1. The van der Waals surface area contributed by atoms with Crippen LogP contribution in [0.2, 0.25) is 0 Å². The molecule has 0 rings (SSSR count). The van der Waals surface area contributed by atoms with E-state index >= 15 is 0 Å². The molecule has 0 aliphatic rings. The van der Waals surface area contributed by atoms with E-state index in [-0.39, 0.29) is 71.5 Å². The van der Waals surface area contributed by atoms with Crippen molar-refractivity contribution in [1.82, 2.24) is 0 Å². The van der Waals surface area contributed by atoms with Crippen LogP contribution < -0.4 is 0 Å². The van der Waals surface area contributed by atoms with Crippen molar-refractivity contribution in [3.63, 3.8) is 0 Å². The monoisotopic (exact) mass is 180 g/mol. The summed E-state index contributed by atoms with van der Waals surface area (Å²) in [5.41, 5.74) is 0. The van der Waals surface area contributed by atoms with Gasteiger partial charge in [-0.05, 0) is 0 Å². The summed E-state index contributed by atoms with van der Waals surface area (Å²) in [5.74, 6) is 0. The molecule has 0 aromatic carbocycles. The zero-order valence-corrected chi connectivity index (χ0v) is 7.67. The Morgan fingerprint density at radius 1 is 1.22 bits per heavy atom. The minimum Gasteiger partial charge on any atom is -2.00 e. The SMILES string of the molecule is O.O=[N+]([O-])[O-].[Al+3].[Ca+2].[O-2].[OH-]. The summed E-state index contributed by atoms with van der Waals surface area (Å²) < 4.78 is 0. The fourth-order valence-electron chi connectivity index (χ4n) is 0. The molecule has 0 aliphatic carbocycles. The molecule has 48 valence electrons. The molecule has 0 radical (unpaired) electrons. The molecule has 0 unspecified atom stereocenters. The molecule has 0 aliphatic heterocycles. The Bertz CT molecular complexity index is 36.0. The summed E-state index contributed by atoms with van der Waals surface area (Å²) in [4.78, 5) is 8.25. The first-order valence-electron chi connectivity index (χ1n) is 0.548. The largest absolute Gasteiger partial charge is 3.00 e. The molecule has 7 nitrogen and oxygen atoms in total. The van der Waals surface area contributed by atoms with Crippen molar-refractivity contribution in [3.8, 4) is 0 Å². The van der Waals surface area contributed by atoms with Gasteiger partial charge in [-0.25, -0.2) is 0 Å². The molecule has 0 saturated heterocycles. The Hall–Kier alpha value is 0.872. The minimum absolute atomic E-state index is 0. The quantitative estimate of drug-likeness (QED) is 0.237. The molecular formula is H3AlCaNO6+. The third-order valence-electron chi connectivity index (χ3n) is 0. The number of hydrogen-bond acceptors (Lipinski definition) is 4. The van der Waals surface area contributed by atoms with Gasteiger partial charge in [-0.1, -0.05) is 0 Å². The van der Waals surface area contributed by atoms with Gasteiger partial charge < -0.3 is 31.8 Å². The number of rotatable bonds is 0. The first-order chi connectivity index (χ1) is 1.73. The first-order valence-corrected chi connectivity index (χ1v) is 0.548. The first kappa shape index (κ1) is 51.8. The normalized spacial score (nSPS) is 2.67. The van der Waals surface area contributed by atoms with Gasteiger partial charge >= 0.3 is 55.1 Å². The summed E-state index contributed by atoms with van der Waals surface area (Å²) in [7, 11) is 0. The van der Waals surface area contributed by atoms with Gasteiger partial charge in [-0.15, -0.1) is 0 Å². The fraction of sp³-hybridized carbons (Fsp3) is 0. The van der Waals surface area contributed by atoms with Crippen LogP contribution in [0.4, 0.5) is 0 Å². The number of hydrogen-bond donors (Lipinski definition) is 0. The Morgan fingerprint density at radius 3 is 1.22 bits per heavy atom. The molecule has 0 aromatic rings. The van der Waals surface area contributed by atoms with Crippen molar-refractivity contribution in [2.24, 2.45) is 0 Å². The molecule has 3 N–H and O–H groups in total. The maximum atomic E-state index is 8.25. The third-order valence-corrected chi connectivity index (χ3v) is 0. The van der Waals surface area contributed by atoms with Gasteiger partial charge in [0.15, 0.2) is 0 Å². The third kappa shape index (κ3) is 551. The topological polar surface area (TPSA) is 156 Å². The van der Waals surface area contributed by atoms with E-state index in [1.165, 1.54) is 0 Å². The van der Waals surface area contributed by atoms with Crippen molar-refractivity contribution >= 4 is 55.1 Å². The van der Waals surface area contributed by atoms with Gasteiger partial charge in [-0.3, -0.25) is 0 Å². The summed E-state index contributed by atoms with van der Waals surface area (Å²) in [6.07, 6.45) is 0. The summed E-state index contributed by atoms with van der Waals surface area (Å²) in [6.45, 7) is 0. The molecule has 0 aromatic heterocycles. The van der Waals surface area contributed by atoms with E-state index in [0.717, 1.165) is 0 Å². The average Bonchev–Trinajstić information content (AvgIpc) is 0.811. The van der Waals surface area contributed by atoms with Gasteiger partial charge in [0.1, 0.15) is 0 Å². The van der Waals surface area contributed by atoms with Crippen LogP contribution in [0.25, 0.3) is 0 Å². The van der Waals surface area contributed by atoms with E-state index in [0.29, 0.717) is 0 Å². The van der Waals surface area contributed by atoms with Crippen molar-refractivity contribution in [2.45, 2.75) is 0 Å². The molecule has 0 spiro atoms. The Balaban J connectivity index is -0.00000000450. The van der Waals surface area contributed by atoms with E-state index in [9.17, 15) is 0 Å². The molecule has 0 amide bonds. The molecule has 0 heterocycles. The predicted molar refractivity (Wildman–Crippen MR) is 28.1 cm³/mol. The smallest absolute Gasteiger partial charge is 2.00 e. The zero-order valence-electron chi connectivity index (χ0n) is 4.31. The molecule has 0 saturated carbocycles. The van der Waals surface area contributed by atoms with Crippen LogP contribution in [-0.4, -0.2) is 71.1 Å². The molecule has 0 bridgehead atoms. The van der Waals surface area contributed by atoms with Crippen LogP contribution in [-0.2, 0) is 5.48 Å². The van der Waals surface area contributed by atoms with Crippen molar-refractivity contribution in [1.29, 1.82) is 0 Å². The Kier molecular flexibility index (Phi) is 211. The summed E-state index contributed by atoms with van der Waals surface area (Å²) >= 11 is 0. The fourth-order valence-corrected chi connectivity index (χ4v) is 0. The van der Waals surface area contributed by atoms with Crippen LogP contribution in [0.15, 0.2) is 0 Å². The minimum atomic E-state index is -1.75. The molecule has 0 atom stereocenters. The van der Waals surface area contributed by atoms with Crippen molar-refractivity contribution in [3.05, 3.63) is 15.3 Å². The summed E-state index contributed by atoms with van der Waals surface area (Å²) in [5, 5.41) is 14.8. The van der Waals surface area contributed by atoms with Crippen molar-refractivity contribution in [2.75, 3.05) is 0 Å². The van der Waals surface area contributed by atoms with Crippen LogP contribution in [0.3, 0.4) is 0 Å². The van der Waals surface area contributed by atoms with Gasteiger partial charge in [-0.2, -0.15) is 0 Å². The molecular weight excluding hydrogens is 177 g/mol. The summed E-state index contributed by atoms with van der Waals surface area (Å²) in [6, 6.07) is 0. The second kappa shape index (κ2) is 36.7. The molecule has 0 fully saturated rings. The van der Waals surface area contributed by atoms with Crippen molar-refractivity contribution < 1.29 is 21.5 Å². The van der Waals surface area contributed by atoms with Gasteiger partial charge in [0.2, 0.25) is 0 Å². The van der Waals surface area contributed by atoms with Crippen LogP contribution >= 0.6 is 0 Å². The predicted octanol–water partition coefficient (Wildman–Crippen LogP) is -2.12. The average molecular weight is 180 g/mol. The molecule has 9 heavy (non-hydrogen) atoms. The van der Waals surface area contributed by atoms with Crippen LogP contribution in [0.5, 0.6) is 0 Å². The standard InChI is InChI=1S/Al.Ca.NO3.2H2O.O/c;;2-1(3)4;;;/h;;;2*1H2;/q+3;+2;-1;;;-2/p-1. The zero-order chi connectivity index (χ0) is 3.58. The van der Waals surface area contributed by atoms with E-state index < -0.39 is 5.09 Å². The van der Waals surface area contributed by atoms with Gasteiger partial charge in [0.25, 0.3) is 0 Å². The maximum Gasteiger partial charge on any atom is 3.00 e. The van der Waals surface area contributed by atoms with E-state index in [1.54, 1.807) is 0 Å². The second-order valence-electron chi connectivity index (χ2n) is 0.224.